The summed E-state index contributed by atoms with van der Waals surface area (Å²) < 4.78 is 40.7. The van der Waals surface area contributed by atoms with E-state index in [4.69, 9.17) is 0 Å². The summed E-state index contributed by atoms with van der Waals surface area (Å²) in [4.78, 5) is 12.7. The van der Waals surface area contributed by atoms with Crippen LogP contribution in [0, 0.1) is 17.8 Å². The Hall–Kier alpha value is -2.35. The van der Waals surface area contributed by atoms with E-state index in [-0.39, 0.29) is 5.91 Å². The lowest BCUT2D eigenvalue weighted by molar-refractivity contribution is -0.137. The first-order valence-electron chi connectivity index (χ1n) is 11.1. The Balaban J connectivity index is 1.44. The molecule has 3 atom stereocenters. The second-order valence-electron chi connectivity index (χ2n) is 8.76. The number of alkyl halides is 3. The third-order valence-corrected chi connectivity index (χ3v) is 6.72. The molecule has 1 aliphatic heterocycles. The molecule has 1 aliphatic carbocycles. The molecule has 4 rings (SSSR count). The van der Waals surface area contributed by atoms with E-state index in [0.29, 0.717) is 41.7 Å². The van der Waals surface area contributed by atoms with E-state index in [9.17, 15) is 18.0 Å². The van der Waals surface area contributed by atoms with Crippen LogP contribution >= 0.6 is 0 Å². The molecular formula is C23H29F3N4O. The predicted octanol–water partition coefficient (Wildman–Crippen LogP) is 4.81. The first kappa shape index (κ1) is 21.9. The summed E-state index contributed by atoms with van der Waals surface area (Å²) in [6.45, 7) is 4.06. The fourth-order valence-corrected chi connectivity index (χ4v) is 5.12. The fraction of sp³-hybridized carbons (Fsp3) is 0.565. The normalized spacial score (nSPS) is 23.9. The second kappa shape index (κ2) is 9.02. The highest BCUT2D eigenvalue weighted by Crippen LogP contribution is 2.38. The average molecular weight is 435 g/mol. The summed E-state index contributed by atoms with van der Waals surface area (Å²) in [6, 6.07) is 5.08. The number of rotatable bonds is 5. The first-order chi connectivity index (χ1) is 14.8. The third kappa shape index (κ3) is 4.95. The molecule has 5 nitrogen and oxygen atoms in total. The zero-order valence-electron chi connectivity index (χ0n) is 17.7. The molecule has 3 unspecified atom stereocenters. The number of halogens is 3. The molecule has 0 bridgehead atoms. The summed E-state index contributed by atoms with van der Waals surface area (Å²) in [7, 11) is 0. The molecule has 2 N–H and O–H groups in total. The summed E-state index contributed by atoms with van der Waals surface area (Å²) in [6.07, 6.45) is 2.65. The second-order valence-corrected chi connectivity index (χ2v) is 8.76. The van der Waals surface area contributed by atoms with Crippen molar-refractivity contribution >= 4 is 11.6 Å². The number of aromatic nitrogens is 2. The van der Waals surface area contributed by atoms with Crippen LogP contribution in [0.1, 0.15) is 50.3 Å². The number of nitrogens with zero attached hydrogens (tertiary/aromatic N) is 2. The average Bonchev–Trinajstić information content (AvgIpc) is 3.15. The third-order valence-electron chi connectivity index (χ3n) is 6.72. The van der Waals surface area contributed by atoms with Crippen LogP contribution in [0.5, 0.6) is 0 Å². The lowest BCUT2D eigenvalue weighted by atomic mass is 9.70. The smallest absolute Gasteiger partial charge is 0.323 e. The van der Waals surface area contributed by atoms with Gasteiger partial charge in [-0.1, -0.05) is 13.0 Å². The van der Waals surface area contributed by atoms with E-state index in [1.165, 1.54) is 29.8 Å². The molecule has 0 radical (unpaired) electrons. The monoisotopic (exact) mass is 434 g/mol. The van der Waals surface area contributed by atoms with Crippen LogP contribution in [0.4, 0.5) is 18.9 Å². The molecule has 1 saturated heterocycles. The lowest BCUT2D eigenvalue weighted by Gasteiger charge is -2.39. The SMILES string of the molecule is CCc1c(NC(=O)CC2CCC3CNCCC3C2)cnn1-c1cccc(C(F)(F)F)c1. The van der Waals surface area contributed by atoms with E-state index < -0.39 is 11.7 Å². The summed E-state index contributed by atoms with van der Waals surface area (Å²) in [5, 5.41) is 10.7. The number of benzene rings is 1. The Morgan fingerprint density at radius 3 is 2.87 bits per heavy atom. The zero-order valence-corrected chi connectivity index (χ0v) is 17.7. The van der Waals surface area contributed by atoms with Crippen LogP contribution < -0.4 is 10.6 Å². The summed E-state index contributed by atoms with van der Waals surface area (Å²) in [5.41, 5.74) is 0.869. The van der Waals surface area contributed by atoms with Crippen molar-refractivity contribution in [2.45, 2.75) is 51.6 Å². The first-order valence-corrected chi connectivity index (χ1v) is 11.1. The number of piperidine rings is 1. The quantitative estimate of drug-likeness (QED) is 0.710. The van der Waals surface area contributed by atoms with Crippen molar-refractivity contribution in [3.05, 3.63) is 41.7 Å². The maximum absolute atomic E-state index is 13.1. The molecule has 31 heavy (non-hydrogen) atoms. The van der Waals surface area contributed by atoms with Crippen molar-refractivity contribution < 1.29 is 18.0 Å². The molecule has 2 aromatic rings. The number of hydrogen-bond acceptors (Lipinski definition) is 3. The topological polar surface area (TPSA) is 59.0 Å². The van der Waals surface area contributed by atoms with Gasteiger partial charge in [0.05, 0.1) is 28.8 Å². The molecular weight excluding hydrogens is 405 g/mol. The van der Waals surface area contributed by atoms with Crippen LogP contribution in [0.15, 0.2) is 30.5 Å². The molecule has 1 aromatic carbocycles. The molecule has 2 heterocycles. The summed E-state index contributed by atoms with van der Waals surface area (Å²) in [5.74, 6) is 1.80. The van der Waals surface area contributed by atoms with Crippen LogP contribution in [0.2, 0.25) is 0 Å². The standard InChI is InChI=1S/C23H29F3N4O/c1-2-21-20(14-28-30(21)19-5-3-4-18(12-19)23(24,25)26)29-22(31)11-15-6-7-17-13-27-9-8-16(17)10-15/h3-5,12,14-17,27H,2,6-11,13H2,1H3,(H,29,31). The van der Waals surface area contributed by atoms with Crippen LogP contribution in [0.3, 0.4) is 0 Å². The number of carbonyl (C=O) groups is 1. The fourth-order valence-electron chi connectivity index (χ4n) is 5.12. The molecule has 1 amide bonds. The van der Waals surface area contributed by atoms with Gasteiger partial charge in [-0.25, -0.2) is 4.68 Å². The zero-order chi connectivity index (χ0) is 22.0. The summed E-state index contributed by atoms with van der Waals surface area (Å²) >= 11 is 0. The Bertz CT molecular complexity index is 924. The highest BCUT2D eigenvalue weighted by Gasteiger charge is 2.33. The van der Waals surface area contributed by atoms with Crippen LogP contribution in [-0.4, -0.2) is 28.8 Å². The van der Waals surface area contributed by atoms with Gasteiger partial charge in [0.1, 0.15) is 0 Å². The van der Waals surface area contributed by atoms with Crippen molar-refractivity contribution in [2.24, 2.45) is 17.8 Å². The molecule has 1 aromatic heterocycles. The number of amides is 1. The van der Waals surface area contributed by atoms with Gasteiger partial charge in [-0.3, -0.25) is 4.79 Å². The van der Waals surface area contributed by atoms with Gasteiger partial charge >= 0.3 is 6.18 Å². The van der Waals surface area contributed by atoms with E-state index >= 15 is 0 Å². The lowest BCUT2D eigenvalue weighted by Crippen LogP contribution is -2.40. The Morgan fingerprint density at radius 2 is 2.10 bits per heavy atom. The highest BCUT2D eigenvalue weighted by molar-refractivity contribution is 5.91. The van der Waals surface area contributed by atoms with Crippen LogP contribution in [-0.2, 0) is 17.4 Å². The highest BCUT2D eigenvalue weighted by atomic mass is 19.4. The number of hydrogen-bond donors (Lipinski definition) is 2. The minimum atomic E-state index is -4.42. The van der Waals surface area contributed by atoms with Gasteiger partial charge in [0.15, 0.2) is 0 Å². The Labute approximate surface area is 180 Å². The Morgan fingerprint density at radius 1 is 1.26 bits per heavy atom. The minimum absolute atomic E-state index is 0.0457. The predicted molar refractivity (Wildman–Crippen MR) is 113 cm³/mol. The van der Waals surface area contributed by atoms with Crippen molar-refractivity contribution in [2.75, 3.05) is 18.4 Å². The van der Waals surface area contributed by atoms with Crippen molar-refractivity contribution in [3.8, 4) is 5.69 Å². The van der Waals surface area contributed by atoms with Gasteiger partial charge in [-0.2, -0.15) is 18.3 Å². The molecule has 2 fully saturated rings. The molecule has 168 valence electrons. The van der Waals surface area contributed by atoms with Gasteiger partial charge in [0.2, 0.25) is 5.91 Å². The Kier molecular flexibility index (Phi) is 6.36. The van der Waals surface area contributed by atoms with Gasteiger partial charge in [0, 0.05) is 6.42 Å². The van der Waals surface area contributed by atoms with E-state index in [2.05, 4.69) is 15.7 Å². The van der Waals surface area contributed by atoms with Gasteiger partial charge in [0.25, 0.3) is 0 Å². The minimum Gasteiger partial charge on any atom is -0.323 e. The molecule has 8 heteroatoms. The number of anilines is 1. The van der Waals surface area contributed by atoms with E-state index in [0.717, 1.165) is 44.0 Å². The molecule has 1 saturated carbocycles. The van der Waals surface area contributed by atoms with Crippen LogP contribution in [0.25, 0.3) is 5.69 Å². The van der Waals surface area contributed by atoms with E-state index in [1.807, 2.05) is 6.92 Å². The maximum Gasteiger partial charge on any atom is 0.416 e. The van der Waals surface area contributed by atoms with Crippen molar-refractivity contribution in [1.29, 1.82) is 0 Å². The molecule has 0 spiro atoms. The molecule has 2 aliphatic rings. The van der Waals surface area contributed by atoms with Crippen molar-refractivity contribution in [3.63, 3.8) is 0 Å². The van der Waals surface area contributed by atoms with Crippen molar-refractivity contribution in [1.82, 2.24) is 15.1 Å². The number of carbonyl (C=O) groups excluding carboxylic acids is 1. The largest absolute Gasteiger partial charge is 0.416 e. The number of nitrogens with one attached hydrogen (secondary N) is 2. The van der Waals surface area contributed by atoms with Gasteiger partial charge in [-0.05, 0) is 81.1 Å². The number of fused-ring (bicyclic) bond motifs is 1. The maximum atomic E-state index is 13.1. The van der Waals surface area contributed by atoms with Gasteiger partial charge in [-0.15, -0.1) is 0 Å². The van der Waals surface area contributed by atoms with E-state index in [1.54, 1.807) is 6.07 Å². The van der Waals surface area contributed by atoms with Gasteiger partial charge < -0.3 is 10.6 Å².